The van der Waals surface area contributed by atoms with Gasteiger partial charge in [-0.1, -0.05) is 47.6 Å². The second-order valence-corrected chi connectivity index (χ2v) is 4.78. The summed E-state index contributed by atoms with van der Waals surface area (Å²) in [5.41, 5.74) is 2.55. The highest BCUT2D eigenvalue weighted by Crippen LogP contribution is 2.30. The molecule has 2 aromatic carbocycles. The molecule has 0 saturated carbocycles. The first-order chi connectivity index (χ1) is 9.81. The van der Waals surface area contributed by atoms with E-state index >= 15 is 0 Å². The number of nitrogens with zero attached hydrogens (tertiary/aromatic N) is 2. The zero-order chi connectivity index (χ0) is 13.9. The monoisotopic (exact) mass is 266 g/mol. The second-order valence-electron chi connectivity index (χ2n) is 4.78. The summed E-state index contributed by atoms with van der Waals surface area (Å²) in [5.74, 6) is -0.254. The summed E-state index contributed by atoms with van der Waals surface area (Å²) < 4.78 is 0. The van der Waals surface area contributed by atoms with Gasteiger partial charge in [0.15, 0.2) is 6.04 Å². The average Bonchev–Trinajstić information content (AvgIpc) is 2.64. The lowest BCUT2D eigenvalue weighted by Gasteiger charge is -2.21. The summed E-state index contributed by atoms with van der Waals surface area (Å²) in [4.78, 5) is 25.4. The maximum atomic E-state index is 12.6. The molecule has 20 heavy (non-hydrogen) atoms. The minimum atomic E-state index is -0.950. The fraction of sp³-hybridized carbons (Fsp3) is 0.188. The third-order valence-corrected chi connectivity index (χ3v) is 3.63. The van der Waals surface area contributed by atoms with Gasteiger partial charge in [0.05, 0.1) is 0 Å². The van der Waals surface area contributed by atoms with Gasteiger partial charge in [-0.05, 0) is 29.7 Å². The zero-order valence-corrected chi connectivity index (χ0v) is 10.9. The van der Waals surface area contributed by atoms with Crippen LogP contribution in [0.5, 0.6) is 0 Å². The van der Waals surface area contributed by atoms with Crippen molar-refractivity contribution in [1.82, 2.24) is 0 Å². The Morgan fingerprint density at radius 2 is 1.70 bits per heavy atom. The average molecular weight is 266 g/mol. The molecule has 1 aliphatic heterocycles. The Kier molecular flexibility index (Phi) is 3.29. The molecule has 0 saturated heterocycles. The van der Waals surface area contributed by atoms with Crippen LogP contribution < -0.4 is 4.90 Å². The van der Waals surface area contributed by atoms with Crippen molar-refractivity contribution in [1.29, 1.82) is 0 Å². The van der Waals surface area contributed by atoms with E-state index in [-0.39, 0.29) is 5.91 Å². The number of amides is 1. The molecule has 1 amide bonds. The number of fused-ring (bicyclic) bond motifs is 1. The first-order valence-corrected chi connectivity index (χ1v) is 6.58. The van der Waals surface area contributed by atoms with Crippen LogP contribution in [0.1, 0.15) is 17.2 Å². The summed E-state index contributed by atoms with van der Waals surface area (Å²) in [5, 5.41) is 3.06. The Balaban J connectivity index is 2.04. The van der Waals surface area contributed by atoms with Crippen molar-refractivity contribution in [2.75, 3.05) is 11.4 Å². The van der Waals surface area contributed by atoms with Crippen molar-refractivity contribution in [2.24, 2.45) is 5.18 Å². The molecule has 1 unspecified atom stereocenters. The van der Waals surface area contributed by atoms with E-state index in [2.05, 4.69) is 5.18 Å². The summed E-state index contributed by atoms with van der Waals surface area (Å²) in [7, 11) is 0. The molecular formula is C16H14N2O2. The van der Waals surface area contributed by atoms with E-state index in [4.69, 9.17) is 0 Å². The number of hydrogen-bond donors (Lipinski definition) is 0. The highest BCUT2D eigenvalue weighted by Gasteiger charge is 2.32. The van der Waals surface area contributed by atoms with Crippen LogP contribution in [0.2, 0.25) is 0 Å². The number of anilines is 1. The van der Waals surface area contributed by atoms with Gasteiger partial charge in [-0.25, -0.2) is 0 Å². The predicted molar refractivity (Wildman–Crippen MR) is 77.5 cm³/mol. The van der Waals surface area contributed by atoms with Gasteiger partial charge < -0.3 is 4.90 Å². The first kappa shape index (κ1) is 12.5. The first-order valence-electron chi connectivity index (χ1n) is 6.58. The molecule has 1 aliphatic rings. The fourth-order valence-corrected chi connectivity index (χ4v) is 2.62. The third-order valence-electron chi connectivity index (χ3n) is 3.63. The van der Waals surface area contributed by atoms with Crippen molar-refractivity contribution in [2.45, 2.75) is 12.5 Å². The third kappa shape index (κ3) is 2.09. The summed E-state index contributed by atoms with van der Waals surface area (Å²) in [6, 6.07) is 16.0. The fourth-order valence-electron chi connectivity index (χ4n) is 2.62. The van der Waals surface area contributed by atoms with Crippen LogP contribution in [-0.4, -0.2) is 12.5 Å². The standard InChI is InChI=1S/C16H14N2O2/c19-16-15(17-20)14-9-5-4-6-12(14)10-11-18(16)13-7-2-1-3-8-13/h1-9,15H,10-11H2. The lowest BCUT2D eigenvalue weighted by atomic mass is 10.00. The lowest BCUT2D eigenvalue weighted by molar-refractivity contribution is -0.119. The molecule has 1 heterocycles. The van der Waals surface area contributed by atoms with E-state index in [0.717, 1.165) is 23.2 Å². The molecule has 0 fully saturated rings. The molecule has 2 aromatic rings. The topological polar surface area (TPSA) is 49.7 Å². The number of carbonyl (C=O) groups excluding carboxylic acids is 1. The lowest BCUT2D eigenvalue weighted by Crippen LogP contribution is -2.34. The van der Waals surface area contributed by atoms with E-state index in [1.807, 2.05) is 54.6 Å². The summed E-state index contributed by atoms with van der Waals surface area (Å²) in [6.07, 6.45) is 0.725. The van der Waals surface area contributed by atoms with E-state index in [1.165, 1.54) is 0 Å². The Labute approximate surface area is 117 Å². The Hall–Kier alpha value is -2.49. The van der Waals surface area contributed by atoms with Crippen LogP contribution in [0.3, 0.4) is 0 Å². The largest absolute Gasteiger partial charge is 0.310 e. The molecule has 4 nitrogen and oxygen atoms in total. The molecule has 1 atom stereocenters. The van der Waals surface area contributed by atoms with E-state index in [0.29, 0.717) is 6.54 Å². The van der Waals surface area contributed by atoms with Crippen LogP contribution in [0, 0.1) is 4.91 Å². The van der Waals surface area contributed by atoms with Crippen molar-refractivity contribution in [3.8, 4) is 0 Å². The molecule has 100 valence electrons. The van der Waals surface area contributed by atoms with Crippen molar-refractivity contribution >= 4 is 11.6 Å². The van der Waals surface area contributed by atoms with Crippen molar-refractivity contribution in [3.63, 3.8) is 0 Å². The number of benzene rings is 2. The van der Waals surface area contributed by atoms with E-state index in [1.54, 1.807) is 4.90 Å². The van der Waals surface area contributed by atoms with Gasteiger partial charge in [0, 0.05) is 12.2 Å². The normalized spacial score (nSPS) is 18.3. The van der Waals surface area contributed by atoms with Crippen LogP contribution in [0.25, 0.3) is 0 Å². The van der Waals surface area contributed by atoms with Gasteiger partial charge >= 0.3 is 0 Å². The van der Waals surface area contributed by atoms with Gasteiger partial charge in [0.2, 0.25) is 0 Å². The van der Waals surface area contributed by atoms with Gasteiger partial charge in [0.25, 0.3) is 5.91 Å². The van der Waals surface area contributed by atoms with Crippen molar-refractivity contribution < 1.29 is 4.79 Å². The number of para-hydroxylation sites is 1. The molecule has 3 rings (SSSR count). The molecule has 0 aliphatic carbocycles. The molecule has 0 aromatic heterocycles. The summed E-state index contributed by atoms with van der Waals surface area (Å²) in [6.45, 7) is 0.561. The number of carbonyl (C=O) groups is 1. The highest BCUT2D eigenvalue weighted by molar-refractivity contribution is 5.98. The van der Waals surface area contributed by atoms with Crippen LogP contribution >= 0.6 is 0 Å². The van der Waals surface area contributed by atoms with Gasteiger partial charge in [0.1, 0.15) is 0 Å². The van der Waals surface area contributed by atoms with Gasteiger partial charge in [-0.15, -0.1) is 4.91 Å². The Bertz CT molecular complexity index is 640. The maximum absolute atomic E-state index is 12.6. The SMILES string of the molecule is O=NC1C(=O)N(c2ccccc2)CCc2ccccc21. The number of nitroso groups, excluding NO2 is 1. The van der Waals surface area contributed by atoms with Gasteiger partial charge in [-0.3, -0.25) is 4.79 Å². The summed E-state index contributed by atoms with van der Waals surface area (Å²) >= 11 is 0. The Morgan fingerprint density at radius 3 is 2.45 bits per heavy atom. The molecule has 0 spiro atoms. The van der Waals surface area contributed by atoms with Crippen LogP contribution in [-0.2, 0) is 11.2 Å². The van der Waals surface area contributed by atoms with E-state index in [9.17, 15) is 9.70 Å². The molecule has 4 heteroatoms. The minimum Gasteiger partial charge on any atom is -0.310 e. The second kappa shape index (κ2) is 5.25. The number of rotatable bonds is 2. The molecular weight excluding hydrogens is 252 g/mol. The molecule has 0 N–H and O–H groups in total. The van der Waals surface area contributed by atoms with Crippen LogP contribution in [0.15, 0.2) is 59.8 Å². The number of hydrogen-bond acceptors (Lipinski definition) is 3. The molecule has 0 bridgehead atoms. The highest BCUT2D eigenvalue weighted by atomic mass is 16.3. The zero-order valence-electron chi connectivity index (χ0n) is 10.9. The minimum absolute atomic E-state index is 0.254. The maximum Gasteiger partial charge on any atom is 0.260 e. The van der Waals surface area contributed by atoms with Crippen LogP contribution in [0.4, 0.5) is 5.69 Å². The van der Waals surface area contributed by atoms with Crippen molar-refractivity contribution in [3.05, 3.63) is 70.6 Å². The molecule has 0 radical (unpaired) electrons. The Morgan fingerprint density at radius 1 is 1.00 bits per heavy atom. The van der Waals surface area contributed by atoms with E-state index < -0.39 is 6.04 Å². The predicted octanol–water partition coefficient (Wildman–Crippen LogP) is 3.08. The van der Waals surface area contributed by atoms with Gasteiger partial charge in [-0.2, -0.15) is 0 Å². The quantitative estimate of drug-likeness (QED) is 0.784. The smallest absolute Gasteiger partial charge is 0.260 e.